The quantitative estimate of drug-likeness (QED) is 0.337. The fourth-order valence-corrected chi connectivity index (χ4v) is 4.90. The summed E-state index contributed by atoms with van der Waals surface area (Å²) in [5, 5.41) is 13.2. The van der Waals surface area contributed by atoms with Crippen LogP contribution in [0.25, 0.3) is 22.6 Å². The molecule has 2 fully saturated rings. The lowest BCUT2D eigenvalue weighted by Gasteiger charge is -2.26. The van der Waals surface area contributed by atoms with E-state index < -0.39 is 0 Å². The van der Waals surface area contributed by atoms with Gasteiger partial charge in [-0.1, -0.05) is 17.7 Å². The van der Waals surface area contributed by atoms with Crippen molar-refractivity contribution in [3.8, 4) is 29.1 Å². The topological polar surface area (TPSA) is 114 Å². The van der Waals surface area contributed by atoms with Crippen LogP contribution in [0.3, 0.4) is 0 Å². The smallest absolute Gasteiger partial charge is 0.245 e. The number of hydrogen-bond acceptors (Lipinski definition) is 9. The van der Waals surface area contributed by atoms with Gasteiger partial charge in [0.05, 0.1) is 17.3 Å². The maximum atomic E-state index is 9.34. The lowest BCUT2D eigenvalue weighted by atomic mass is 10.2. The highest BCUT2D eigenvalue weighted by Crippen LogP contribution is 2.41. The number of rotatable bonds is 9. The molecule has 1 aliphatic heterocycles. The summed E-state index contributed by atoms with van der Waals surface area (Å²) in [6, 6.07) is 13.1. The number of nitriles is 1. The fourth-order valence-electron chi connectivity index (χ4n) is 4.64. The van der Waals surface area contributed by atoms with Crippen LogP contribution in [-0.2, 0) is 6.54 Å². The number of ether oxygens (including phenoxy) is 2. The second kappa shape index (κ2) is 10.8. The molecule has 11 heteroatoms. The number of nitrogens with zero attached hydrogens (tertiary/aromatic N) is 7. The lowest BCUT2D eigenvalue weighted by Crippen LogP contribution is -2.44. The van der Waals surface area contributed by atoms with Gasteiger partial charge in [-0.3, -0.25) is 4.90 Å². The summed E-state index contributed by atoms with van der Waals surface area (Å²) in [5.74, 6) is 1.76. The first kappa shape index (κ1) is 25.5. The number of imidazole rings is 1. The van der Waals surface area contributed by atoms with E-state index in [-0.39, 0.29) is 5.60 Å². The van der Waals surface area contributed by atoms with E-state index in [1.165, 1.54) is 6.33 Å². The molecule has 0 unspecified atom stereocenters. The van der Waals surface area contributed by atoms with E-state index >= 15 is 0 Å². The second-order valence-electron chi connectivity index (χ2n) is 10.1. The highest BCUT2D eigenvalue weighted by atomic mass is 35.5. The molecular weight excluding hydrogens is 516 g/mol. The Labute approximate surface area is 231 Å². The monoisotopic (exact) mass is 544 g/mol. The average Bonchev–Trinajstić information content (AvgIpc) is 3.57. The molecule has 0 amide bonds. The number of piperazine rings is 1. The third kappa shape index (κ3) is 5.66. The predicted molar refractivity (Wildman–Crippen MR) is 147 cm³/mol. The molecule has 200 valence electrons. The van der Waals surface area contributed by atoms with E-state index in [0.717, 1.165) is 51.1 Å². The number of hydrogen-bond donors (Lipinski definition) is 1. The Kier molecular flexibility index (Phi) is 7.04. The van der Waals surface area contributed by atoms with Crippen molar-refractivity contribution in [2.45, 2.75) is 31.9 Å². The van der Waals surface area contributed by atoms with Crippen molar-refractivity contribution >= 4 is 22.8 Å². The summed E-state index contributed by atoms with van der Waals surface area (Å²) in [5.41, 5.74) is 2.72. The minimum absolute atomic E-state index is 0.227. The Morgan fingerprint density at radius 2 is 1.97 bits per heavy atom. The fraction of sp³-hybridized carbons (Fsp3) is 0.393. The van der Waals surface area contributed by atoms with Crippen molar-refractivity contribution in [2.24, 2.45) is 0 Å². The largest absolute Gasteiger partial charge is 0.492 e. The minimum Gasteiger partial charge on any atom is -0.492 e. The Morgan fingerprint density at radius 1 is 1.13 bits per heavy atom. The van der Waals surface area contributed by atoms with Crippen molar-refractivity contribution in [3.05, 3.63) is 59.1 Å². The molecule has 0 bridgehead atoms. The highest BCUT2D eigenvalue weighted by molar-refractivity contribution is 6.33. The molecule has 2 aliphatic rings. The number of halogens is 1. The lowest BCUT2D eigenvalue weighted by molar-refractivity contribution is 0.191. The van der Waals surface area contributed by atoms with Gasteiger partial charge in [0.15, 0.2) is 11.2 Å². The van der Waals surface area contributed by atoms with Crippen LogP contribution in [0.2, 0.25) is 5.02 Å². The normalized spacial score (nSPS) is 16.6. The Balaban J connectivity index is 1.33. The molecule has 0 atom stereocenters. The van der Waals surface area contributed by atoms with Crippen molar-refractivity contribution in [3.63, 3.8) is 0 Å². The molecule has 39 heavy (non-hydrogen) atoms. The first-order valence-electron chi connectivity index (χ1n) is 13.1. The molecule has 1 aromatic carbocycles. The zero-order valence-electron chi connectivity index (χ0n) is 21.7. The first-order chi connectivity index (χ1) is 19.0. The molecule has 1 saturated carbocycles. The summed E-state index contributed by atoms with van der Waals surface area (Å²) < 4.78 is 14.2. The number of pyridine rings is 1. The summed E-state index contributed by atoms with van der Waals surface area (Å²) in [6.45, 7) is 7.93. The van der Waals surface area contributed by atoms with Crippen LogP contribution in [-0.4, -0.2) is 74.3 Å². The maximum Gasteiger partial charge on any atom is 0.245 e. The zero-order chi connectivity index (χ0) is 26.8. The third-order valence-electron chi connectivity index (χ3n) is 7.10. The molecule has 1 saturated heterocycles. The Bertz CT molecular complexity index is 1540. The van der Waals surface area contributed by atoms with Crippen LogP contribution in [0, 0.1) is 11.3 Å². The highest BCUT2D eigenvalue weighted by Gasteiger charge is 2.41. The van der Waals surface area contributed by atoms with Crippen LogP contribution in [0.5, 0.6) is 11.6 Å². The minimum atomic E-state index is -0.227. The number of benzene rings is 1. The Morgan fingerprint density at radius 3 is 2.74 bits per heavy atom. The van der Waals surface area contributed by atoms with E-state index in [1.54, 1.807) is 6.07 Å². The van der Waals surface area contributed by atoms with E-state index in [4.69, 9.17) is 26.1 Å². The standard InChI is InChI=1S/C28H29ClN8O2/c1-28(7-8-28)39-27-24-26(32-18-33-27)37(17-20-4-2-3-19(16-30)34-20)25(35-24)22-6-5-21(15-23(22)29)38-14-13-36-11-9-31-10-12-36/h2-6,15,18,31H,7-14,17H2,1H3. The van der Waals surface area contributed by atoms with Gasteiger partial charge < -0.3 is 19.4 Å². The number of fused-ring (bicyclic) bond motifs is 1. The van der Waals surface area contributed by atoms with Gasteiger partial charge >= 0.3 is 0 Å². The van der Waals surface area contributed by atoms with E-state index in [1.807, 2.05) is 34.9 Å². The van der Waals surface area contributed by atoms with Crippen LogP contribution < -0.4 is 14.8 Å². The molecule has 0 spiro atoms. The SMILES string of the molecule is CC1(Oc2ncnc3c2nc(-c2ccc(OCCN4CCNCC4)cc2Cl)n3Cc2cccc(C#N)n2)CC1. The number of nitrogens with one attached hydrogen (secondary N) is 1. The van der Waals surface area contributed by atoms with E-state index in [0.29, 0.717) is 58.2 Å². The summed E-state index contributed by atoms with van der Waals surface area (Å²) >= 11 is 6.82. The van der Waals surface area contributed by atoms with Crippen LogP contribution >= 0.6 is 11.6 Å². The van der Waals surface area contributed by atoms with Crippen LogP contribution in [0.1, 0.15) is 31.2 Å². The van der Waals surface area contributed by atoms with Crippen molar-refractivity contribution in [2.75, 3.05) is 39.3 Å². The molecule has 1 aliphatic carbocycles. The molecule has 1 N–H and O–H groups in total. The second-order valence-corrected chi connectivity index (χ2v) is 10.5. The average molecular weight is 545 g/mol. The number of aromatic nitrogens is 5. The first-order valence-corrected chi connectivity index (χ1v) is 13.5. The molecule has 0 radical (unpaired) electrons. The van der Waals surface area contributed by atoms with Gasteiger partial charge in [-0.05, 0) is 50.1 Å². The van der Waals surface area contributed by atoms with Crippen LogP contribution in [0.4, 0.5) is 0 Å². The van der Waals surface area contributed by atoms with Gasteiger partial charge in [-0.15, -0.1) is 0 Å². The van der Waals surface area contributed by atoms with Gasteiger partial charge in [0.25, 0.3) is 0 Å². The molecule has 4 heterocycles. The van der Waals surface area contributed by atoms with E-state index in [2.05, 4.69) is 38.2 Å². The summed E-state index contributed by atoms with van der Waals surface area (Å²) in [4.78, 5) is 20.7. The molecule has 6 rings (SSSR count). The van der Waals surface area contributed by atoms with Gasteiger partial charge in [-0.25, -0.2) is 15.0 Å². The van der Waals surface area contributed by atoms with Gasteiger partial charge in [0.1, 0.15) is 41.9 Å². The maximum absolute atomic E-state index is 9.34. The summed E-state index contributed by atoms with van der Waals surface area (Å²) in [7, 11) is 0. The molecule has 10 nitrogen and oxygen atoms in total. The molecule has 3 aromatic heterocycles. The third-order valence-corrected chi connectivity index (χ3v) is 7.42. The van der Waals surface area contributed by atoms with E-state index in [9.17, 15) is 5.26 Å². The van der Waals surface area contributed by atoms with Crippen molar-refractivity contribution < 1.29 is 9.47 Å². The van der Waals surface area contributed by atoms with Gasteiger partial charge in [-0.2, -0.15) is 10.2 Å². The van der Waals surface area contributed by atoms with Crippen LogP contribution in [0.15, 0.2) is 42.7 Å². The Hall–Kier alpha value is -3.78. The van der Waals surface area contributed by atoms with Gasteiger partial charge in [0.2, 0.25) is 5.88 Å². The predicted octanol–water partition coefficient (Wildman–Crippen LogP) is 3.68. The molecular formula is C28H29ClN8O2. The van der Waals surface area contributed by atoms with Crippen molar-refractivity contribution in [1.82, 2.24) is 34.7 Å². The molecule has 4 aromatic rings. The summed E-state index contributed by atoms with van der Waals surface area (Å²) in [6.07, 6.45) is 3.43. The zero-order valence-corrected chi connectivity index (χ0v) is 22.5. The van der Waals surface area contributed by atoms with Crippen molar-refractivity contribution in [1.29, 1.82) is 5.26 Å². The van der Waals surface area contributed by atoms with Gasteiger partial charge in [0, 0.05) is 38.3 Å².